The Balaban J connectivity index is 2.36. The third-order valence-corrected chi connectivity index (χ3v) is 3.96. The molecule has 9 heteroatoms. The largest absolute Gasteiger partial charge is 0.263 e. The zero-order valence-electron chi connectivity index (χ0n) is 9.14. The van der Waals surface area contributed by atoms with Crippen LogP contribution >= 0.6 is 34.8 Å². The van der Waals surface area contributed by atoms with E-state index in [2.05, 4.69) is 14.7 Å². The highest BCUT2D eigenvalue weighted by molar-refractivity contribution is 7.92. The number of benzene rings is 1. The van der Waals surface area contributed by atoms with E-state index < -0.39 is 10.0 Å². The predicted octanol–water partition coefficient (Wildman–Crippen LogP) is 3.24. The number of sulfonamides is 1. The molecule has 0 bridgehead atoms. The lowest BCUT2D eigenvalue weighted by Gasteiger charge is -2.07. The number of halogens is 3. The van der Waals surface area contributed by atoms with Crippen LogP contribution in [0.5, 0.6) is 0 Å². The Morgan fingerprint density at radius 3 is 2.42 bits per heavy atom. The maximum atomic E-state index is 12.1. The van der Waals surface area contributed by atoms with Gasteiger partial charge in [0, 0.05) is 11.1 Å². The van der Waals surface area contributed by atoms with Gasteiger partial charge in [0.05, 0.1) is 4.90 Å². The van der Waals surface area contributed by atoms with Gasteiger partial charge in [-0.2, -0.15) is 4.98 Å². The van der Waals surface area contributed by atoms with Crippen molar-refractivity contribution in [2.24, 2.45) is 0 Å². The van der Waals surface area contributed by atoms with Crippen LogP contribution in [-0.2, 0) is 10.0 Å². The number of aromatic nitrogens is 2. The average Bonchev–Trinajstić information content (AvgIpc) is 2.26. The fraction of sp³-hybridized carbons (Fsp3) is 0. The second kappa shape index (κ2) is 5.50. The van der Waals surface area contributed by atoms with Crippen molar-refractivity contribution in [2.45, 2.75) is 4.90 Å². The van der Waals surface area contributed by atoms with Gasteiger partial charge < -0.3 is 0 Å². The molecule has 0 saturated heterocycles. The van der Waals surface area contributed by atoms with E-state index >= 15 is 0 Å². The van der Waals surface area contributed by atoms with Crippen LogP contribution in [0.1, 0.15) is 0 Å². The monoisotopic (exact) mass is 337 g/mol. The maximum Gasteiger partial charge on any atom is 0.263 e. The highest BCUT2D eigenvalue weighted by Crippen LogP contribution is 2.20. The van der Waals surface area contributed by atoms with Crippen molar-refractivity contribution in [3.8, 4) is 0 Å². The number of nitrogens with zero attached hydrogens (tertiary/aromatic N) is 2. The predicted molar refractivity (Wildman–Crippen MR) is 74.3 cm³/mol. The van der Waals surface area contributed by atoms with Crippen LogP contribution in [0.2, 0.25) is 15.5 Å². The summed E-state index contributed by atoms with van der Waals surface area (Å²) in [6.07, 6.45) is 0. The van der Waals surface area contributed by atoms with Crippen LogP contribution in [0.4, 0.5) is 5.82 Å². The molecule has 19 heavy (non-hydrogen) atoms. The molecule has 1 heterocycles. The Morgan fingerprint density at radius 1 is 1.05 bits per heavy atom. The number of nitrogens with one attached hydrogen (secondary N) is 1. The molecule has 5 nitrogen and oxygen atoms in total. The topological polar surface area (TPSA) is 72.0 Å². The molecule has 1 N–H and O–H groups in total. The van der Waals surface area contributed by atoms with Gasteiger partial charge in [-0.05, 0) is 29.8 Å². The summed E-state index contributed by atoms with van der Waals surface area (Å²) in [6, 6.07) is 7.05. The van der Waals surface area contributed by atoms with Crippen molar-refractivity contribution >= 4 is 50.6 Å². The molecule has 0 radical (unpaired) electrons. The van der Waals surface area contributed by atoms with Gasteiger partial charge in [-0.15, -0.1) is 0 Å². The molecule has 0 aliphatic carbocycles. The molecule has 2 rings (SSSR count). The summed E-state index contributed by atoms with van der Waals surface area (Å²) in [5.41, 5.74) is 0. The molecular weight excluding hydrogens is 333 g/mol. The van der Waals surface area contributed by atoms with Gasteiger partial charge in [0.2, 0.25) is 5.28 Å². The van der Waals surface area contributed by atoms with E-state index in [1.54, 1.807) is 6.07 Å². The van der Waals surface area contributed by atoms with Crippen molar-refractivity contribution < 1.29 is 8.42 Å². The van der Waals surface area contributed by atoms with Crippen LogP contribution in [0.3, 0.4) is 0 Å². The van der Waals surface area contributed by atoms with Crippen LogP contribution < -0.4 is 4.72 Å². The van der Waals surface area contributed by atoms with Gasteiger partial charge in [-0.3, -0.25) is 4.72 Å². The minimum Gasteiger partial charge on any atom is -0.263 e. The molecule has 0 atom stereocenters. The van der Waals surface area contributed by atoms with Crippen LogP contribution in [-0.4, -0.2) is 18.4 Å². The van der Waals surface area contributed by atoms with Gasteiger partial charge in [0.25, 0.3) is 10.0 Å². The molecule has 0 amide bonds. The van der Waals surface area contributed by atoms with Crippen LogP contribution in [0.15, 0.2) is 35.2 Å². The first-order valence-electron chi connectivity index (χ1n) is 4.85. The van der Waals surface area contributed by atoms with E-state index in [-0.39, 0.29) is 21.2 Å². The van der Waals surface area contributed by atoms with E-state index in [0.717, 1.165) is 0 Å². The quantitative estimate of drug-likeness (QED) is 0.689. The zero-order chi connectivity index (χ0) is 14.0. The van der Waals surface area contributed by atoms with Crippen molar-refractivity contribution in [2.75, 3.05) is 4.72 Å². The Bertz CT molecular complexity index is 701. The minimum absolute atomic E-state index is 0.00542. The molecule has 1 aromatic heterocycles. The standard InChI is InChI=1S/C10H6Cl3N3O2S/c11-6-2-1-3-7(4-6)19(17,18)16-9-5-8(12)14-10(13)15-9/h1-5H,(H,14,15,16). The summed E-state index contributed by atoms with van der Waals surface area (Å²) in [5.74, 6) is -0.0232. The number of anilines is 1. The molecule has 0 fully saturated rings. The van der Waals surface area contributed by atoms with Gasteiger partial charge in [-0.1, -0.05) is 29.3 Å². The Morgan fingerprint density at radius 2 is 1.79 bits per heavy atom. The summed E-state index contributed by atoms with van der Waals surface area (Å²) >= 11 is 17.0. The minimum atomic E-state index is -3.81. The van der Waals surface area contributed by atoms with E-state index in [1.165, 1.54) is 24.3 Å². The van der Waals surface area contributed by atoms with E-state index in [0.29, 0.717) is 5.02 Å². The highest BCUT2D eigenvalue weighted by atomic mass is 35.5. The van der Waals surface area contributed by atoms with Crippen molar-refractivity contribution in [3.63, 3.8) is 0 Å². The summed E-state index contributed by atoms with van der Waals surface area (Å²) < 4.78 is 26.4. The Kier molecular flexibility index (Phi) is 4.15. The lowest BCUT2D eigenvalue weighted by Crippen LogP contribution is -2.14. The van der Waals surface area contributed by atoms with E-state index in [1.807, 2.05) is 0 Å². The third kappa shape index (κ3) is 3.70. The van der Waals surface area contributed by atoms with Gasteiger partial charge in [-0.25, -0.2) is 13.4 Å². The SMILES string of the molecule is O=S(=O)(Nc1cc(Cl)nc(Cl)n1)c1cccc(Cl)c1. The maximum absolute atomic E-state index is 12.1. The smallest absolute Gasteiger partial charge is 0.263 e. The second-order valence-corrected chi connectivity index (χ2v) is 6.25. The first-order valence-corrected chi connectivity index (χ1v) is 7.47. The first-order chi connectivity index (χ1) is 8.87. The fourth-order valence-corrected chi connectivity index (χ4v) is 2.97. The van der Waals surface area contributed by atoms with Gasteiger partial charge in [0.1, 0.15) is 11.0 Å². The van der Waals surface area contributed by atoms with Crippen LogP contribution in [0, 0.1) is 0 Å². The summed E-state index contributed by atoms with van der Waals surface area (Å²) in [4.78, 5) is 7.33. The Labute approximate surface area is 124 Å². The molecule has 1 aromatic carbocycles. The fourth-order valence-electron chi connectivity index (χ4n) is 1.27. The van der Waals surface area contributed by atoms with Gasteiger partial charge in [0.15, 0.2) is 0 Å². The summed E-state index contributed by atoms with van der Waals surface area (Å²) in [6.45, 7) is 0. The van der Waals surface area contributed by atoms with E-state index in [4.69, 9.17) is 34.8 Å². The summed E-state index contributed by atoms with van der Waals surface area (Å²) in [7, 11) is -3.81. The molecule has 0 aliphatic rings. The number of hydrogen-bond acceptors (Lipinski definition) is 4. The zero-order valence-corrected chi connectivity index (χ0v) is 12.2. The second-order valence-electron chi connectivity index (χ2n) is 3.41. The highest BCUT2D eigenvalue weighted by Gasteiger charge is 2.16. The average molecular weight is 339 g/mol. The van der Waals surface area contributed by atoms with Crippen molar-refractivity contribution in [1.29, 1.82) is 0 Å². The van der Waals surface area contributed by atoms with Crippen LogP contribution in [0.25, 0.3) is 0 Å². The molecule has 0 aliphatic heterocycles. The first kappa shape index (κ1) is 14.3. The number of hydrogen-bond donors (Lipinski definition) is 1. The molecule has 0 saturated carbocycles. The lowest BCUT2D eigenvalue weighted by atomic mass is 10.4. The third-order valence-electron chi connectivity index (χ3n) is 2.01. The summed E-state index contributed by atoms with van der Waals surface area (Å²) in [5, 5.41) is 0.182. The molecule has 0 unspecified atom stereocenters. The molecule has 0 spiro atoms. The van der Waals surface area contributed by atoms with E-state index in [9.17, 15) is 8.42 Å². The number of rotatable bonds is 3. The normalized spacial score (nSPS) is 11.3. The van der Waals surface area contributed by atoms with Crippen molar-refractivity contribution in [3.05, 3.63) is 45.8 Å². The molecule has 2 aromatic rings. The van der Waals surface area contributed by atoms with Crippen molar-refractivity contribution in [1.82, 2.24) is 9.97 Å². The Hall–Kier alpha value is -1.08. The van der Waals surface area contributed by atoms with Gasteiger partial charge >= 0.3 is 0 Å². The molecular formula is C10H6Cl3N3O2S. The molecule has 100 valence electrons. The lowest BCUT2D eigenvalue weighted by molar-refractivity contribution is 0.601.